The van der Waals surface area contributed by atoms with Crippen molar-refractivity contribution in [2.75, 3.05) is 12.0 Å². The van der Waals surface area contributed by atoms with Crippen LogP contribution >= 0.6 is 0 Å². The summed E-state index contributed by atoms with van der Waals surface area (Å²) in [5.41, 5.74) is 1.35. The molecule has 0 amide bonds. The number of rotatable bonds is 15. The Morgan fingerprint density at radius 1 is 0.667 bits per heavy atom. The first-order valence-electron chi connectivity index (χ1n) is 9.66. The summed E-state index contributed by atoms with van der Waals surface area (Å²) < 4.78 is 0. The lowest BCUT2D eigenvalue weighted by Crippen LogP contribution is -3.00. The Hall–Kier alpha value is -0.150. The van der Waals surface area contributed by atoms with Gasteiger partial charge in [0.1, 0.15) is 11.5 Å². The lowest BCUT2D eigenvalue weighted by Gasteiger charge is -2.03. The van der Waals surface area contributed by atoms with Gasteiger partial charge in [-0.05, 0) is 55.1 Å². The summed E-state index contributed by atoms with van der Waals surface area (Å²) in [6.45, 7) is 0. The molecule has 1 N–H and O–H groups in total. The van der Waals surface area contributed by atoms with E-state index in [0.29, 0.717) is 5.75 Å². The molecule has 3 heteroatoms. The van der Waals surface area contributed by atoms with E-state index in [-0.39, 0.29) is 17.0 Å². The molecule has 140 valence electrons. The molecule has 0 radical (unpaired) electrons. The van der Waals surface area contributed by atoms with Gasteiger partial charge < -0.3 is 22.1 Å². The van der Waals surface area contributed by atoms with Crippen LogP contribution in [-0.4, -0.2) is 17.1 Å². The lowest BCUT2D eigenvalue weighted by molar-refractivity contribution is -0.00000596. The van der Waals surface area contributed by atoms with Gasteiger partial charge in [-0.1, -0.05) is 69.9 Å². The molecule has 1 nitrogen and oxygen atoms in total. The highest BCUT2D eigenvalue weighted by Crippen LogP contribution is 2.15. The highest BCUT2D eigenvalue weighted by atomic mass is 79.9. The zero-order chi connectivity index (χ0) is 16.6. The van der Waals surface area contributed by atoms with Gasteiger partial charge in [0.25, 0.3) is 0 Å². The smallest absolute Gasteiger partial charge is 0.115 e. The van der Waals surface area contributed by atoms with Crippen LogP contribution in [0.2, 0.25) is 0 Å². The van der Waals surface area contributed by atoms with Crippen LogP contribution in [0.4, 0.5) is 0 Å². The first-order valence-corrected chi connectivity index (χ1v) is 11.2. The fourth-order valence-corrected chi connectivity index (χ4v) is 3.57. The average Bonchev–Trinajstić information content (AvgIpc) is 2.57. The molecule has 0 atom stereocenters. The molecule has 1 aromatic rings. The van der Waals surface area contributed by atoms with Crippen LogP contribution in [-0.2, 0) is 18.2 Å². The van der Waals surface area contributed by atoms with Gasteiger partial charge in [-0.3, -0.25) is 0 Å². The van der Waals surface area contributed by atoms with Crippen LogP contribution in [0.1, 0.15) is 82.6 Å². The molecule has 1 rings (SSSR count). The quantitative estimate of drug-likeness (QED) is 0.264. The zero-order valence-electron chi connectivity index (χ0n) is 15.5. The molecule has 0 aliphatic carbocycles. The maximum Gasteiger partial charge on any atom is 0.115 e. The van der Waals surface area contributed by atoms with Crippen molar-refractivity contribution in [1.29, 1.82) is 0 Å². The van der Waals surface area contributed by atoms with Crippen LogP contribution in [0, 0.1) is 0 Å². The van der Waals surface area contributed by atoms with Crippen LogP contribution in [0.3, 0.4) is 0 Å². The standard InChI is InChI=1S/C21H36OS.BrH/c1-23-19-13-11-9-7-5-3-2-4-6-8-10-12-14-20-15-17-21(22)18-16-20;/h15-18,22H,2-14,19H2,1H3;1H. The van der Waals surface area contributed by atoms with Gasteiger partial charge in [0, 0.05) is 0 Å². The minimum atomic E-state index is 0. The molecule has 0 heterocycles. The van der Waals surface area contributed by atoms with Crippen molar-refractivity contribution in [3.8, 4) is 5.75 Å². The number of phenols is 1. The van der Waals surface area contributed by atoms with E-state index < -0.39 is 0 Å². The summed E-state index contributed by atoms with van der Waals surface area (Å²) >= 11 is 1.56. The maximum absolute atomic E-state index is 9.25. The molecule has 0 fully saturated rings. The van der Waals surface area contributed by atoms with E-state index in [4.69, 9.17) is 0 Å². The van der Waals surface area contributed by atoms with E-state index in [1.54, 1.807) is 23.9 Å². The second-order valence-electron chi connectivity index (χ2n) is 6.70. The van der Waals surface area contributed by atoms with Gasteiger partial charge in [-0.2, -0.15) is 0 Å². The summed E-state index contributed by atoms with van der Waals surface area (Å²) in [5.74, 6) is 1.77. The minimum Gasteiger partial charge on any atom is -1.00 e. The molecule has 0 aliphatic rings. The molecule has 0 spiro atoms. The lowest BCUT2D eigenvalue weighted by atomic mass is 10.0. The molecule has 0 aliphatic heterocycles. The monoisotopic (exact) mass is 416 g/mol. The number of unbranched alkanes of at least 4 members (excludes halogenated alkanes) is 11. The van der Waals surface area contributed by atoms with Crippen molar-refractivity contribution in [2.45, 2.75) is 83.5 Å². The predicted octanol–water partition coefficient (Wildman–Crippen LogP) is 3.06. The summed E-state index contributed by atoms with van der Waals surface area (Å²) in [7, 11) is 0. The number of halogens is 1. The van der Waals surface area contributed by atoms with E-state index in [1.165, 1.54) is 88.4 Å². The number of phenolic OH excluding ortho intramolecular Hbond substituents is 1. The van der Waals surface area contributed by atoms with E-state index >= 15 is 0 Å². The fraction of sp³-hybridized carbons (Fsp3) is 0.714. The number of aromatic hydroxyl groups is 1. The van der Waals surface area contributed by atoms with E-state index in [0.717, 1.165) is 6.42 Å². The molecule has 24 heavy (non-hydrogen) atoms. The third-order valence-electron chi connectivity index (χ3n) is 4.53. The first-order chi connectivity index (χ1) is 11.3. The number of aryl methyl sites for hydroxylation is 1. The Morgan fingerprint density at radius 3 is 1.54 bits per heavy atom. The molecule has 1 aromatic carbocycles. The van der Waals surface area contributed by atoms with Gasteiger partial charge in [-0.25, -0.2) is 0 Å². The van der Waals surface area contributed by atoms with E-state index in [1.807, 2.05) is 12.1 Å². The van der Waals surface area contributed by atoms with Gasteiger partial charge in [0.05, 0.1) is 6.26 Å². The minimum absolute atomic E-state index is 0. The van der Waals surface area contributed by atoms with Crippen molar-refractivity contribution < 1.29 is 22.1 Å². The molecule has 0 saturated carbocycles. The number of hydrogen-bond donors (Lipinski definition) is 1. The van der Waals surface area contributed by atoms with Gasteiger partial charge in [0.2, 0.25) is 0 Å². The van der Waals surface area contributed by atoms with E-state index in [9.17, 15) is 5.11 Å². The third kappa shape index (κ3) is 14.2. The molecule has 0 bridgehead atoms. The average molecular weight is 417 g/mol. The van der Waals surface area contributed by atoms with Gasteiger partial charge in [-0.15, -0.1) is 0 Å². The largest absolute Gasteiger partial charge is 1.00 e. The Kier molecular flexibility index (Phi) is 17.6. The van der Waals surface area contributed by atoms with Crippen molar-refractivity contribution >= 4 is 11.8 Å². The summed E-state index contributed by atoms with van der Waals surface area (Å²) in [5, 5.41) is 9.25. The van der Waals surface area contributed by atoms with Gasteiger partial charge >= 0.3 is 0 Å². The first kappa shape index (κ1) is 23.9. The second-order valence-corrected chi connectivity index (χ2v) is 7.78. The van der Waals surface area contributed by atoms with Gasteiger partial charge in [0.15, 0.2) is 0 Å². The maximum atomic E-state index is 9.25. The Balaban J connectivity index is 0.00000529. The van der Waals surface area contributed by atoms with Crippen molar-refractivity contribution in [3.63, 3.8) is 0 Å². The highest BCUT2D eigenvalue weighted by Gasteiger charge is 1.96. The van der Waals surface area contributed by atoms with E-state index in [2.05, 4.69) is 6.26 Å². The summed E-state index contributed by atoms with van der Waals surface area (Å²) in [6.07, 6.45) is 20.4. The number of thiol groups is 1. The third-order valence-corrected chi connectivity index (χ3v) is 5.30. The SMILES string of the molecule is C[SH+]CCCCCCCCCCCCCCc1ccc(O)cc1.[Br-]. The van der Waals surface area contributed by atoms with Crippen LogP contribution in [0.25, 0.3) is 0 Å². The second kappa shape index (κ2) is 17.7. The zero-order valence-corrected chi connectivity index (χ0v) is 18.0. The molecular weight excluding hydrogens is 380 g/mol. The fourth-order valence-electron chi connectivity index (χ4n) is 3.03. The van der Waals surface area contributed by atoms with Crippen molar-refractivity contribution in [3.05, 3.63) is 29.8 Å². The Morgan fingerprint density at radius 2 is 1.08 bits per heavy atom. The highest BCUT2D eigenvalue weighted by molar-refractivity contribution is 7.77. The summed E-state index contributed by atoms with van der Waals surface area (Å²) in [4.78, 5) is 0. The van der Waals surface area contributed by atoms with Crippen molar-refractivity contribution in [1.82, 2.24) is 0 Å². The van der Waals surface area contributed by atoms with Crippen LogP contribution < -0.4 is 17.0 Å². The molecular formula is C21H37BrOS. The normalized spacial score (nSPS) is 10.5. The topological polar surface area (TPSA) is 20.2 Å². The molecule has 0 aromatic heterocycles. The Bertz CT molecular complexity index is 367. The van der Waals surface area contributed by atoms with Crippen LogP contribution in [0.15, 0.2) is 24.3 Å². The molecule has 0 saturated heterocycles. The summed E-state index contributed by atoms with van der Waals surface area (Å²) in [6, 6.07) is 7.66. The Labute approximate surface area is 164 Å². The number of benzene rings is 1. The number of hydrogen-bond acceptors (Lipinski definition) is 1. The van der Waals surface area contributed by atoms with Crippen molar-refractivity contribution in [2.24, 2.45) is 0 Å². The predicted molar refractivity (Wildman–Crippen MR) is 107 cm³/mol. The molecule has 0 unspecified atom stereocenters. The van der Waals surface area contributed by atoms with Crippen LogP contribution in [0.5, 0.6) is 5.75 Å².